The van der Waals surface area contributed by atoms with Crippen LogP contribution in [0.4, 0.5) is 0 Å². The van der Waals surface area contributed by atoms with Crippen molar-refractivity contribution in [1.29, 1.82) is 0 Å². The maximum Gasteiger partial charge on any atom is 0.342 e. The summed E-state index contributed by atoms with van der Waals surface area (Å²) >= 11 is 0. The van der Waals surface area contributed by atoms with E-state index in [2.05, 4.69) is 11.8 Å². The van der Waals surface area contributed by atoms with Crippen LogP contribution in [0.5, 0.6) is 11.5 Å². The average molecular weight is 333 g/mol. The highest BCUT2D eigenvalue weighted by Gasteiger charge is 2.24. The topological polar surface area (TPSA) is 48.0 Å². The predicted octanol–water partition coefficient (Wildman–Crippen LogP) is 3.13. The number of ether oxygens (including phenoxy) is 3. The van der Waals surface area contributed by atoms with Gasteiger partial charge in [0.2, 0.25) is 0 Å². The number of unbranched alkanes of at least 4 members (excludes halogenated alkanes) is 1. The maximum atomic E-state index is 12.4. The minimum absolute atomic E-state index is 0.314. The third kappa shape index (κ3) is 4.20. The van der Waals surface area contributed by atoms with Gasteiger partial charge in [0.05, 0.1) is 6.61 Å². The van der Waals surface area contributed by atoms with Gasteiger partial charge in [-0.3, -0.25) is 0 Å². The molecule has 0 spiro atoms. The molecule has 1 fully saturated rings. The van der Waals surface area contributed by atoms with Crippen molar-refractivity contribution in [2.24, 2.45) is 5.92 Å². The van der Waals surface area contributed by atoms with Crippen LogP contribution in [0, 0.1) is 5.92 Å². The van der Waals surface area contributed by atoms with E-state index in [0.29, 0.717) is 42.8 Å². The number of hydrogen-bond donors (Lipinski definition) is 0. The summed E-state index contributed by atoms with van der Waals surface area (Å²) in [4.78, 5) is 14.9. The van der Waals surface area contributed by atoms with E-state index in [4.69, 9.17) is 14.2 Å². The first-order chi connectivity index (χ1) is 11.8. The number of piperidine rings is 1. The summed E-state index contributed by atoms with van der Waals surface area (Å²) in [5, 5.41) is 0. The zero-order valence-corrected chi connectivity index (χ0v) is 14.5. The Bertz CT molecular complexity index is 552. The van der Waals surface area contributed by atoms with Gasteiger partial charge < -0.3 is 19.1 Å². The van der Waals surface area contributed by atoms with Crippen molar-refractivity contribution in [3.05, 3.63) is 23.8 Å². The van der Waals surface area contributed by atoms with Crippen LogP contribution in [-0.2, 0) is 4.74 Å². The lowest BCUT2D eigenvalue weighted by Crippen LogP contribution is -2.36. The second-order valence-electron chi connectivity index (χ2n) is 6.57. The molecule has 0 aromatic heterocycles. The summed E-state index contributed by atoms with van der Waals surface area (Å²) in [6.07, 6.45) is 4.71. The summed E-state index contributed by atoms with van der Waals surface area (Å²) in [7, 11) is 0. The number of likely N-dealkylation sites (tertiary alicyclic amines) is 1. The third-order valence-corrected chi connectivity index (χ3v) is 4.77. The highest BCUT2D eigenvalue weighted by molar-refractivity contribution is 5.93. The van der Waals surface area contributed by atoms with Gasteiger partial charge in [0.1, 0.15) is 18.8 Å². The highest BCUT2D eigenvalue weighted by atomic mass is 16.6. The first-order valence-electron chi connectivity index (χ1n) is 9.06. The van der Waals surface area contributed by atoms with Gasteiger partial charge in [-0.25, -0.2) is 4.79 Å². The lowest BCUT2D eigenvalue weighted by atomic mass is 9.97. The summed E-state index contributed by atoms with van der Waals surface area (Å²) in [6.45, 7) is 7.11. The van der Waals surface area contributed by atoms with Crippen molar-refractivity contribution >= 4 is 5.97 Å². The molecule has 132 valence electrons. The van der Waals surface area contributed by atoms with Crippen molar-refractivity contribution < 1.29 is 19.0 Å². The van der Waals surface area contributed by atoms with Crippen LogP contribution < -0.4 is 9.47 Å². The molecule has 2 heterocycles. The second kappa shape index (κ2) is 8.38. The van der Waals surface area contributed by atoms with E-state index in [1.807, 2.05) is 6.07 Å². The molecule has 0 radical (unpaired) electrons. The van der Waals surface area contributed by atoms with Crippen molar-refractivity contribution in [2.45, 2.75) is 32.6 Å². The number of esters is 1. The van der Waals surface area contributed by atoms with E-state index in [-0.39, 0.29) is 5.97 Å². The van der Waals surface area contributed by atoms with Gasteiger partial charge in [0.15, 0.2) is 11.5 Å². The lowest BCUT2D eigenvalue weighted by Gasteiger charge is -2.31. The van der Waals surface area contributed by atoms with Gasteiger partial charge in [0, 0.05) is 0 Å². The Morgan fingerprint density at radius 1 is 1.25 bits per heavy atom. The monoisotopic (exact) mass is 333 g/mol. The molecule has 1 saturated heterocycles. The second-order valence-corrected chi connectivity index (χ2v) is 6.57. The first kappa shape index (κ1) is 17.1. The SMILES string of the molecule is CCCCN1CCC(COC(=O)c2cccc3c2OCCO3)CC1. The van der Waals surface area contributed by atoms with Gasteiger partial charge in [-0.2, -0.15) is 0 Å². The average Bonchev–Trinajstić information content (AvgIpc) is 2.64. The summed E-state index contributed by atoms with van der Waals surface area (Å²) in [5.74, 6) is 1.29. The van der Waals surface area contributed by atoms with E-state index in [1.54, 1.807) is 12.1 Å². The quantitative estimate of drug-likeness (QED) is 0.749. The number of benzene rings is 1. The molecule has 0 aliphatic carbocycles. The van der Waals surface area contributed by atoms with Crippen molar-refractivity contribution in [3.8, 4) is 11.5 Å². The number of rotatable bonds is 6. The highest BCUT2D eigenvalue weighted by Crippen LogP contribution is 2.34. The zero-order valence-electron chi connectivity index (χ0n) is 14.5. The van der Waals surface area contributed by atoms with E-state index in [0.717, 1.165) is 25.9 Å². The molecule has 0 unspecified atom stereocenters. The fraction of sp³-hybridized carbons (Fsp3) is 0.632. The van der Waals surface area contributed by atoms with Gasteiger partial charge in [0.25, 0.3) is 0 Å². The Morgan fingerprint density at radius 2 is 2.04 bits per heavy atom. The molecule has 0 atom stereocenters. The Morgan fingerprint density at radius 3 is 2.83 bits per heavy atom. The molecule has 1 aromatic carbocycles. The molecule has 2 aliphatic heterocycles. The predicted molar refractivity (Wildman–Crippen MR) is 91.8 cm³/mol. The van der Waals surface area contributed by atoms with Crippen molar-refractivity contribution in [1.82, 2.24) is 4.90 Å². The summed E-state index contributed by atoms with van der Waals surface area (Å²) in [6, 6.07) is 5.36. The normalized spacial score (nSPS) is 18.4. The molecule has 1 aromatic rings. The van der Waals surface area contributed by atoms with Crippen LogP contribution in [0.15, 0.2) is 18.2 Å². The smallest absolute Gasteiger partial charge is 0.342 e. The van der Waals surface area contributed by atoms with Gasteiger partial charge in [-0.15, -0.1) is 0 Å². The molecule has 0 N–H and O–H groups in total. The van der Waals surface area contributed by atoms with Crippen molar-refractivity contribution in [2.75, 3.05) is 39.5 Å². The number of fused-ring (bicyclic) bond motifs is 1. The molecular formula is C19H27NO4. The van der Waals surface area contributed by atoms with Crippen LogP contribution in [0.1, 0.15) is 43.0 Å². The fourth-order valence-electron chi connectivity index (χ4n) is 3.26. The molecule has 0 saturated carbocycles. The number of nitrogens with zero attached hydrogens (tertiary/aromatic N) is 1. The van der Waals surface area contributed by atoms with E-state index >= 15 is 0 Å². The van der Waals surface area contributed by atoms with Crippen LogP contribution in [0.2, 0.25) is 0 Å². The Labute approximate surface area is 143 Å². The number of para-hydroxylation sites is 1. The van der Waals surface area contributed by atoms with Crippen LogP contribution in [0.3, 0.4) is 0 Å². The molecule has 5 heteroatoms. The molecule has 0 bridgehead atoms. The molecule has 5 nitrogen and oxygen atoms in total. The molecule has 2 aliphatic rings. The number of hydrogen-bond acceptors (Lipinski definition) is 5. The Hall–Kier alpha value is -1.75. The molecule has 24 heavy (non-hydrogen) atoms. The standard InChI is InChI=1S/C19H27NO4/c1-2-3-9-20-10-7-15(8-11-20)14-24-19(21)16-5-4-6-17-18(16)23-13-12-22-17/h4-6,15H,2-3,7-14H2,1H3. The Kier molecular flexibility index (Phi) is 5.96. The third-order valence-electron chi connectivity index (χ3n) is 4.77. The van der Waals surface area contributed by atoms with Gasteiger partial charge >= 0.3 is 5.97 Å². The number of carbonyl (C=O) groups excluding carboxylic acids is 1. The van der Waals surface area contributed by atoms with E-state index in [9.17, 15) is 4.79 Å². The fourth-order valence-corrected chi connectivity index (χ4v) is 3.26. The van der Waals surface area contributed by atoms with Crippen LogP contribution >= 0.6 is 0 Å². The first-order valence-corrected chi connectivity index (χ1v) is 9.06. The largest absolute Gasteiger partial charge is 0.486 e. The minimum Gasteiger partial charge on any atom is -0.486 e. The minimum atomic E-state index is -0.314. The lowest BCUT2D eigenvalue weighted by molar-refractivity contribution is 0.0363. The van der Waals surface area contributed by atoms with Gasteiger partial charge in [-0.1, -0.05) is 19.4 Å². The molecule has 3 rings (SSSR count). The Balaban J connectivity index is 1.48. The van der Waals surface area contributed by atoms with Crippen LogP contribution in [0.25, 0.3) is 0 Å². The maximum absolute atomic E-state index is 12.4. The zero-order chi connectivity index (χ0) is 16.8. The summed E-state index contributed by atoms with van der Waals surface area (Å²) < 4.78 is 16.7. The van der Waals surface area contributed by atoms with Gasteiger partial charge in [-0.05, 0) is 56.9 Å². The van der Waals surface area contributed by atoms with E-state index < -0.39 is 0 Å². The number of carbonyl (C=O) groups is 1. The van der Waals surface area contributed by atoms with Crippen LogP contribution in [-0.4, -0.2) is 50.3 Å². The summed E-state index contributed by atoms with van der Waals surface area (Å²) in [5.41, 5.74) is 0.465. The van der Waals surface area contributed by atoms with E-state index in [1.165, 1.54) is 19.4 Å². The molecule has 0 amide bonds. The molecular weight excluding hydrogens is 306 g/mol. The van der Waals surface area contributed by atoms with Crippen molar-refractivity contribution in [3.63, 3.8) is 0 Å².